The number of halogens is 2. The van der Waals surface area contributed by atoms with Gasteiger partial charge >= 0.3 is 0 Å². The van der Waals surface area contributed by atoms with Crippen molar-refractivity contribution in [3.05, 3.63) is 70.5 Å². The van der Waals surface area contributed by atoms with E-state index in [1.165, 1.54) is 0 Å². The molecule has 1 atom stereocenters. The molecule has 3 nitrogen and oxygen atoms in total. The maximum Gasteiger partial charge on any atom is 0.224 e. The van der Waals surface area contributed by atoms with Crippen LogP contribution in [0.15, 0.2) is 54.9 Å². The van der Waals surface area contributed by atoms with Crippen molar-refractivity contribution in [1.82, 2.24) is 9.80 Å². The predicted octanol–water partition coefficient (Wildman–Crippen LogP) is 4.63. The highest BCUT2D eigenvalue weighted by atomic mass is 35.5. The first-order valence-corrected chi connectivity index (χ1v) is 8.16. The molecule has 1 unspecified atom stereocenters. The number of hydrogen-bond acceptors (Lipinski definition) is 2. The number of carbonyl (C=O) groups is 1. The van der Waals surface area contributed by atoms with E-state index in [0.29, 0.717) is 16.6 Å². The second-order valence-corrected chi connectivity index (χ2v) is 6.40. The fourth-order valence-electron chi connectivity index (χ4n) is 2.74. The zero-order valence-corrected chi connectivity index (χ0v) is 14.8. The van der Waals surface area contributed by atoms with Gasteiger partial charge in [-0.25, -0.2) is 0 Å². The summed E-state index contributed by atoms with van der Waals surface area (Å²) in [5, 5.41) is 1.27. The van der Waals surface area contributed by atoms with Gasteiger partial charge in [0.15, 0.2) is 0 Å². The zero-order chi connectivity index (χ0) is 17.0. The quantitative estimate of drug-likeness (QED) is 0.739. The summed E-state index contributed by atoms with van der Waals surface area (Å²) in [6, 6.07) is 5.59. The van der Waals surface area contributed by atoms with E-state index < -0.39 is 0 Å². The summed E-state index contributed by atoms with van der Waals surface area (Å²) < 4.78 is 0. The SMILES string of the molecule is C=C/C=C\C1=CN(Cc2ccc(Cl)cc2Cl)CC(C)N1C(C)=O. The number of benzene rings is 1. The van der Waals surface area contributed by atoms with Gasteiger partial charge in [0, 0.05) is 36.3 Å². The highest BCUT2D eigenvalue weighted by Gasteiger charge is 2.26. The summed E-state index contributed by atoms with van der Waals surface area (Å²) in [4.78, 5) is 15.9. The van der Waals surface area contributed by atoms with Crippen LogP contribution in [-0.4, -0.2) is 28.3 Å². The van der Waals surface area contributed by atoms with E-state index in [-0.39, 0.29) is 11.9 Å². The van der Waals surface area contributed by atoms with E-state index in [1.807, 2.05) is 37.4 Å². The second-order valence-electron chi connectivity index (χ2n) is 5.55. The molecule has 2 rings (SSSR count). The summed E-state index contributed by atoms with van der Waals surface area (Å²) in [6.45, 7) is 8.70. The first-order valence-electron chi connectivity index (χ1n) is 7.41. The molecule has 1 aromatic carbocycles. The van der Waals surface area contributed by atoms with Gasteiger partial charge in [-0.1, -0.05) is 48.0 Å². The number of carbonyl (C=O) groups excluding carboxylic acids is 1. The summed E-state index contributed by atoms with van der Waals surface area (Å²) in [7, 11) is 0. The van der Waals surface area contributed by atoms with E-state index in [9.17, 15) is 4.79 Å². The summed E-state index contributed by atoms with van der Waals surface area (Å²) >= 11 is 12.2. The van der Waals surface area contributed by atoms with Gasteiger partial charge in [-0.2, -0.15) is 0 Å². The maximum atomic E-state index is 11.9. The van der Waals surface area contributed by atoms with Crippen LogP contribution in [0, 0.1) is 0 Å². The van der Waals surface area contributed by atoms with Crippen LogP contribution in [0.1, 0.15) is 19.4 Å². The smallest absolute Gasteiger partial charge is 0.224 e. The van der Waals surface area contributed by atoms with Gasteiger partial charge < -0.3 is 9.80 Å². The third-order valence-corrected chi connectivity index (χ3v) is 4.25. The average molecular weight is 351 g/mol. The van der Waals surface area contributed by atoms with Crippen molar-refractivity contribution in [3.8, 4) is 0 Å². The minimum absolute atomic E-state index is 0.0293. The van der Waals surface area contributed by atoms with Gasteiger partial charge in [0.25, 0.3) is 0 Å². The average Bonchev–Trinajstić information content (AvgIpc) is 2.47. The van der Waals surface area contributed by atoms with Gasteiger partial charge in [-0.05, 0) is 30.7 Å². The fraction of sp³-hybridized carbons (Fsp3) is 0.278. The summed E-state index contributed by atoms with van der Waals surface area (Å²) in [5.41, 5.74) is 1.85. The Hall–Kier alpha value is -1.71. The normalized spacial score (nSPS) is 18.3. The molecule has 23 heavy (non-hydrogen) atoms. The molecular formula is C18H20Cl2N2O. The Bertz CT molecular complexity index is 667. The number of nitrogens with zero attached hydrogens (tertiary/aromatic N) is 2. The largest absolute Gasteiger partial charge is 0.369 e. The van der Waals surface area contributed by atoms with Crippen LogP contribution in [0.3, 0.4) is 0 Å². The Morgan fingerprint density at radius 1 is 1.43 bits per heavy atom. The van der Waals surface area contributed by atoms with Crippen molar-refractivity contribution in [2.24, 2.45) is 0 Å². The predicted molar refractivity (Wildman–Crippen MR) is 96.3 cm³/mol. The van der Waals surface area contributed by atoms with Crippen LogP contribution < -0.4 is 0 Å². The molecule has 1 aliphatic rings. The molecule has 0 aliphatic carbocycles. The minimum Gasteiger partial charge on any atom is -0.369 e. The Kier molecular flexibility index (Phi) is 5.91. The third kappa shape index (κ3) is 4.40. The number of hydrogen-bond donors (Lipinski definition) is 0. The first-order chi connectivity index (χ1) is 10.9. The van der Waals surface area contributed by atoms with Crippen LogP contribution in [0.5, 0.6) is 0 Å². The van der Waals surface area contributed by atoms with Crippen LogP contribution in [0.4, 0.5) is 0 Å². The molecule has 5 heteroatoms. The van der Waals surface area contributed by atoms with Gasteiger partial charge in [-0.3, -0.25) is 4.79 Å². The Balaban J connectivity index is 2.28. The van der Waals surface area contributed by atoms with E-state index in [4.69, 9.17) is 23.2 Å². The maximum absolute atomic E-state index is 11.9. The van der Waals surface area contributed by atoms with Crippen LogP contribution in [0.2, 0.25) is 10.0 Å². The van der Waals surface area contributed by atoms with Crippen molar-refractivity contribution in [2.45, 2.75) is 26.4 Å². The highest BCUT2D eigenvalue weighted by Crippen LogP contribution is 2.25. The van der Waals surface area contributed by atoms with Gasteiger partial charge in [0.05, 0.1) is 11.7 Å². The number of amides is 1. The molecule has 1 amide bonds. The van der Waals surface area contributed by atoms with E-state index in [1.54, 1.807) is 24.0 Å². The Labute approximate surface area is 147 Å². The lowest BCUT2D eigenvalue weighted by molar-refractivity contribution is -0.129. The first kappa shape index (κ1) is 17.6. The second kappa shape index (κ2) is 7.71. The Morgan fingerprint density at radius 2 is 2.17 bits per heavy atom. The molecule has 122 valence electrons. The lowest BCUT2D eigenvalue weighted by atomic mass is 10.1. The molecule has 0 saturated heterocycles. The van der Waals surface area contributed by atoms with Gasteiger partial charge in [0.1, 0.15) is 0 Å². The summed E-state index contributed by atoms with van der Waals surface area (Å²) in [5.74, 6) is 0.0293. The lowest BCUT2D eigenvalue weighted by Crippen LogP contribution is -2.46. The molecule has 0 aromatic heterocycles. The molecule has 0 fully saturated rings. The van der Waals surface area contributed by atoms with Gasteiger partial charge in [-0.15, -0.1) is 0 Å². The molecule has 0 radical (unpaired) electrons. The van der Waals surface area contributed by atoms with E-state index in [0.717, 1.165) is 17.8 Å². The van der Waals surface area contributed by atoms with E-state index in [2.05, 4.69) is 11.5 Å². The van der Waals surface area contributed by atoms with Crippen molar-refractivity contribution in [1.29, 1.82) is 0 Å². The molecule has 1 aliphatic heterocycles. The van der Waals surface area contributed by atoms with Crippen molar-refractivity contribution < 1.29 is 4.79 Å². The lowest BCUT2D eigenvalue weighted by Gasteiger charge is -2.38. The molecular weight excluding hydrogens is 331 g/mol. The van der Waals surface area contributed by atoms with E-state index >= 15 is 0 Å². The van der Waals surface area contributed by atoms with Crippen molar-refractivity contribution in [3.63, 3.8) is 0 Å². The Morgan fingerprint density at radius 3 is 2.78 bits per heavy atom. The zero-order valence-electron chi connectivity index (χ0n) is 13.3. The molecule has 0 spiro atoms. The minimum atomic E-state index is 0.0293. The summed E-state index contributed by atoms with van der Waals surface area (Å²) in [6.07, 6.45) is 7.39. The fourth-order valence-corrected chi connectivity index (χ4v) is 3.21. The molecule has 1 heterocycles. The van der Waals surface area contributed by atoms with Crippen LogP contribution in [-0.2, 0) is 11.3 Å². The number of allylic oxidation sites excluding steroid dienone is 3. The molecule has 0 bridgehead atoms. The number of rotatable bonds is 4. The van der Waals surface area contributed by atoms with Crippen LogP contribution in [0.25, 0.3) is 0 Å². The monoisotopic (exact) mass is 350 g/mol. The molecule has 0 N–H and O–H groups in total. The molecule has 1 aromatic rings. The topological polar surface area (TPSA) is 23.6 Å². The van der Waals surface area contributed by atoms with Crippen LogP contribution >= 0.6 is 23.2 Å². The third-order valence-electron chi connectivity index (χ3n) is 3.66. The highest BCUT2D eigenvalue weighted by molar-refractivity contribution is 6.35. The van der Waals surface area contributed by atoms with Crippen molar-refractivity contribution in [2.75, 3.05) is 6.54 Å². The molecule has 0 saturated carbocycles. The van der Waals surface area contributed by atoms with Crippen molar-refractivity contribution >= 4 is 29.1 Å². The van der Waals surface area contributed by atoms with Gasteiger partial charge in [0.2, 0.25) is 5.91 Å². The standard InChI is InChI=1S/C18H20Cl2N2O/c1-4-5-6-17-12-21(10-13(2)22(17)14(3)23)11-15-7-8-16(19)9-18(15)20/h4-9,12-13H,1,10-11H2,2-3H3/b6-5-.